The second-order valence-electron chi connectivity index (χ2n) is 2.21. The zero-order valence-electron chi connectivity index (χ0n) is 5.72. The maximum atomic E-state index is 8.18. The second kappa shape index (κ2) is 5.19. The van der Waals surface area contributed by atoms with Gasteiger partial charge in [0.05, 0.1) is 6.07 Å². The van der Waals surface area contributed by atoms with Crippen molar-refractivity contribution in [3.8, 4) is 18.4 Å². The molecule has 0 aliphatic carbocycles. The Hall–Kier alpha value is -0.950. The van der Waals surface area contributed by atoms with Crippen molar-refractivity contribution in [1.29, 1.82) is 5.26 Å². The SMILES string of the molecule is C#CCC(C)CCC#N. The molecule has 0 amide bonds. The molecule has 0 N–H and O–H groups in total. The normalized spacial score (nSPS) is 11.4. The fourth-order valence-electron chi connectivity index (χ4n) is 0.614. The Kier molecular flexibility index (Phi) is 4.64. The van der Waals surface area contributed by atoms with E-state index in [0.717, 1.165) is 12.8 Å². The molecule has 0 aromatic heterocycles. The lowest BCUT2D eigenvalue weighted by molar-refractivity contribution is 0.557. The lowest BCUT2D eigenvalue weighted by Crippen LogP contribution is -1.90. The Morgan fingerprint density at radius 2 is 2.33 bits per heavy atom. The molecule has 0 fully saturated rings. The molecule has 0 radical (unpaired) electrons. The first-order valence-electron chi connectivity index (χ1n) is 3.11. The predicted molar refractivity (Wildman–Crippen MR) is 37.5 cm³/mol. The van der Waals surface area contributed by atoms with Gasteiger partial charge in [0, 0.05) is 12.8 Å². The maximum absolute atomic E-state index is 8.18. The first-order valence-corrected chi connectivity index (χ1v) is 3.11. The summed E-state index contributed by atoms with van der Waals surface area (Å²) in [4.78, 5) is 0. The van der Waals surface area contributed by atoms with Crippen LogP contribution in [0.1, 0.15) is 26.2 Å². The monoisotopic (exact) mass is 121 g/mol. The van der Waals surface area contributed by atoms with Gasteiger partial charge in [0.25, 0.3) is 0 Å². The van der Waals surface area contributed by atoms with Gasteiger partial charge in [0.2, 0.25) is 0 Å². The molecule has 0 saturated heterocycles. The van der Waals surface area contributed by atoms with Crippen molar-refractivity contribution in [3.63, 3.8) is 0 Å². The number of nitriles is 1. The summed E-state index contributed by atoms with van der Waals surface area (Å²) in [6.07, 6.45) is 7.42. The minimum absolute atomic E-state index is 0.509. The van der Waals surface area contributed by atoms with Gasteiger partial charge in [-0.25, -0.2) is 0 Å². The molecule has 0 aromatic carbocycles. The highest BCUT2D eigenvalue weighted by Crippen LogP contribution is 2.07. The summed E-state index contributed by atoms with van der Waals surface area (Å²) in [7, 11) is 0. The summed E-state index contributed by atoms with van der Waals surface area (Å²) >= 11 is 0. The van der Waals surface area contributed by atoms with Crippen LogP contribution in [0.2, 0.25) is 0 Å². The minimum atomic E-state index is 0.509. The van der Waals surface area contributed by atoms with E-state index in [2.05, 4.69) is 18.9 Å². The molecule has 0 spiro atoms. The molecule has 1 nitrogen and oxygen atoms in total. The number of hydrogen-bond acceptors (Lipinski definition) is 1. The first-order chi connectivity index (χ1) is 4.31. The Labute approximate surface area is 56.7 Å². The molecule has 0 aliphatic rings. The summed E-state index contributed by atoms with van der Waals surface area (Å²) < 4.78 is 0. The smallest absolute Gasteiger partial charge is 0.0621 e. The molecule has 48 valence electrons. The summed E-state index contributed by atoms with van der Waals surface area (Å²) in [5.41, 5.74) is 0. The van der Waals surface area contributed by atoms with E-state index in [1.807, 2.05) is 0 Å². The van der Waals surface area contributed by atoms with Crippen molar-refractivity contribution in [3.05, 3.63) is 0 Å². The van der Waals surface area contributed by atoms with Gasteiger partial charge >= 0.3 is 0 Å². The molecule has 0 aliphatic heterocycles. The maximum Gasteiger partial charge on any atom is 0.0621 e. The van der Waals surface area contributed by atoms with E-state index in [1.165, 1.54) is 0 Å². The van der Waals surface area contributed by atoms with Crippen LogP contribution in [0.5, 0.6) is 0 Å². The van der Waals surface area contributed by atoms with Crippen LogP contribution >= 0.6 is 0 Å². The minimum Gasteiger partial charge on any atom is -0.198 e. The van der Waals surface area contributed by atoms with E-state index in [4.69, 9.17) is 11.7 Å². The molecule has 0 bridgehead atoms. The van der Waals surface area contributed by atoms with Crippen molar-refractivity contribution in [2.45, 2.75) is 26.2 Å². The van der Waals surface area contributed by atoms with Crippen molar-refractivity contribution >= 4 is 0 Å². The highest BCUT2D eigenvalue weighted by atomic mass is 14.2. The molecule has 0 aromatic rings. The van der Waals surface area contributed by atoms with Crippen LogP contribution in [0.3, 0.4) is 0 Å². The Morgan fingerprint density at radius 3 is 2.78 bits per heavy atom. The summed E-state index contributed by atoms with van der Waals surface area (Å²) in [6.45, 7) is 2.07. The van der Waals surface area contributed by atoms with Crippen LogP contribution < -0.4 is 0 Å². The van der Waals surface area contributed by atoms with E-state index in [1.54, 1.807) is 0 Å². The quantitative estimate of drug-likeness (QED) is 0.523. The van der Waals surface area contributed by atoms with Crippen molar-refractivity contribution < 1.29 is 0 Å². The van der Waals surface area contributed by atoms with Gasteiger partial charge in [0.15, 0.2) is 0 Å². The number of terminal acetylenes is 1. The van der Waals surface area contributed by atoms with Gasteiger partial charge in [-0.1, -0.05) is 6.92 Å². The van der Waals surface area contributed by atoms with Crippen LogP contribution in [0.25, 0.3) is 0 Å². The highest BCUT2D eigenvalue weighted by molar-refractivity contribution is 4.86. The molecular weight excluding hydrogens is 110 g/mol. The zero-order chi connectivity index (χ0) is 7.11. The van der Waals surface area contributed by atoms with E-state index < -0.39 is 0 Å². The number of rotatable bonds is 3. The van der Waals surface area contributed by atoms with Crippen molar-refractivity contribution in [2.24, 2.45) is 5.92 Å². The first kappa shape index (κ1) is 8.05. The van der Waals surface area contributed by atoms with Crippen molar-refractivity contribution in [1.82, 2.24) is 0 Å². The fourth-order valence-corrected chi connectivity index (χ4v) is 0.614. The van der Waals surface area contributed by atoms with Gasteiger partial charge in [-0.05, 0) is 12.3 Å². The summed E-state index contributed by atoms with van der Waals surface area (Å²) in [5.74, 6) is 3.08. The Balaban J connectivity index is 3.21. The Bertz CT molecular complexity index is 136. The van der Waals surface area contributed by atoms with Crippen molar-refractivity contribution in [2.75, 3.05) is 0 Å². The molecule has 1 atom stereocenters. The molecular formula is C8H11N. The van der Waals surface area contributed by atoms with Crippen LogP contribution in [0, 0.1) is 29.6 Å². The van der Waals surface area contributed by atoms with Gasteiger partial charge < -0.3 is 0 Å². The molecule has 0 heterocycles. The van der Waals surface area contributed by atoms with Crippen LogP contribution in [0.4, 0.5) is 0 Å². The predicted octanol–water partition coefficient (Wildman–Crippen LogP) is 1.95. The molecule has 0 saturated carbocycles. The standard InChI is InChI=1S/C8H11N/c1-3-5-8(2)6-4-7-9/h1,8H,4-6H2,2H3. The van der Waals surface area contributed by atoms with Crippen LogP contribution in [-0.2, 0) is 0 Å². The summed E-state index contributed by atoms with van der Waals surface area (Å²) in [5, 5.41) is 8.18. The number of nitrogens with zero attached hydrogens (tertiary/aromatic N) is 1. The fraction of sp³-hybridized carbons (Fsp3) is 0.625. The Morgan fingerprint density at radius 1 is 1.67 bits per heavy atom. The third kappa shape index (κ3) is 4.91. The van der Waals surface area contributed by atoms with E-state index >= 15 is 0 Å². The van der Waals surface area contributed by atoms with Gasteiger partial charge in [-0.3, -0.25) is 0 Å². The van der Waals surface area contributed by atoms with Crippen LogP contribution in [-0.4, -0.2) is 0 Å². The third-order valence-corrected chi connectivity index (χ3v) is 1.22. The van der Waals surface area contributed by atoms with Gasteiger partial charge in [0.1, 0.15) is 0 Å². The van der Waals surface area contributed by atoms with Crippen LogP contribution in [0.15, 0.2) is 0 Å². The van der Waals surface area contributed by atoms with E-state index in [9.17, 15) is 0 Å². The molecule has 9 heavy (non-hydrogen) atoms. The average molecular weight is 121 g/mol. The molecule has 0 rings (SSSR count). The average Bonchev–Trinajstić information content (AvgIpc) is 1.85. The van der Waals surface area contributed by atoms with Gasteiger partial charge in [-0.2, -0.15) is 5.26 Å². The lowest BCUT2D eigenvalue weighted by Gasteiger charge is -2.01. The topological polar surface area (TPSA) is 23.8 Å². The van der Waals surface area contributed by atoms with E-state index in [-0.39, 0.29) is 0 Å². The zero-order valence-corrected chi connectivity index (χ0v) is 5.72. The largest absolute Gasteiger partial charge is 0.198 e. The lowest BCUT2D eigenvalue weighted by atomic mass is 10.0. The van der Waals surface area contributed by atoms with E-state index in [0.29, 0.717) is 12.3 Å². The number of hydrogen-bond donors (Lipinski definition) is 0. The molecule has 1 unspecified atom stereocenters. The molecule has 1 heteroatoms. The summed E-state index contributed by atoms with van der Waals surface area (Å²) in [6, 6.07) is 2.09. The second-order valence-corrected chi connectivity index (χ2v) is 2.21. The van der Waals surface area contributed by atoms with Gasteiger partial charge in [-0.15, -0.1) is 12.3 Å². The third-order valence-electron chi connectivity index (χ3n) is 1.22. The highest BCUT2D eigenvalue weighted by Gasteiger charge is 1.96.